The zero-order chi connectivity index (χ0) is 22.3. The molecule has 32 heavy (non-hydrogen) atoms. The van der Waals surface area contributed by atoms with Crippen molar-refractivity contribution in [2.75, 3.05) is 5.32 Å². The van der Waals surface area contributed by atoms with Crippen LogP contribution in [-0.2, 0) is 15.0 Å². The van der Waals surface area contributed by atoms with Crippen molar-refractivity contribution in [2.24, 2.45) is 0 Å². The van der Waals surface area contributed by atoms with Crippen LogP contribution in [0.3, 0.4) is 0 Å². The number of para-hydroxylation sites is 1. The van der Waals surface area contributed by atoms with Crippen LogP contribution in [0.1, 0.15) is 29.5 Å². The molecular weight excluding hydrogens is 408 g/mol. The van der Waals surface area contributed by atoms with Gasteiger partial charge in [0.1, 0.15) is 11.6 Å². The zero-order valence-corrected chi connectivity index (χ0v) is 17.1. The fraction of sp³-hybridized carbons (Fsp3) is 0.111. The third-order valence-electron chi connectivity index (χ3n) is 6.12. The van der Waals surface area contributed by atoms with E-state index in [4.69, 9.17) is 0 Å². The normalized spacial score (nSPS) is 22.4. The van der Waals surface area contributed by atoms with Crippen LogP contribution >= 0.6 is 0 Å². The van der Waals surface area contributed by atoms with E-state index in [1.165, 1.54) is 24.3 Å². The Hall–Kier alpha value is -3.86. The lowest BCUT2D eigenvalue weighted by Gasteiger charge is -2.34. The molecule has 1 aliphatic heterocycles. The van der Waals surface area contributed by atoms with Gasteiger partial charge in [0.25, 0.3) is 0 Å². The topological polar surface area (TPSA) is 46.2 Å². The van der Waals surface area contributed by atoms with Gasteiger partial charge in [-0.15, -0.1) is 0 Å². The molecule has 1 amide bonds. The molecule has 3 nitrogen and oxygen atoms in total. The van der Waals surface area contributed by atoms with Crippen LogP contribution in [0.5, 0.6) is 0 Å². The lowest BCUT2D eigenvalue weighted by molar-refractivity contribution is -0.122. The van der Waals surface area contributed by atoms with Crippen molar-refractivity contribution < 1.29 is 18.4 Å². The summed E-state index contributed by atoms with van der Waals surface area (Å²) < 4.78 is 26.7. The van der Waals surface area contributed by atoms with Crippen molar-refractivity contribution in [1.29, 1.82) is 0 Å². The number of nitrogens with one attached hydrogen (secondary N) is 1. The predicted octanol–water partition coefficient (Wildman–Crippen LogP) is 5.68. The third-order valence-corrected chi connectivity index (χ3v) is 6.12. The number of benzene rings is 3. The summed E-state index contributed by atoms with van der Waals surface area (Å²) in [4.78, 5) is 26.6. The summed E-state index contributed by atoms with van der Waals surface area (Å²) in [7, 11) is 0. The van der Waals surface area contributed by atoms with Crippen molar-refractivity contribution in [3.63, 3.8) is 0 Å². The fourth-order valence-corrected chi connectivity index (χ4v) is 4.56. The van der Waals surface area contributed by atoms with E-state index in [1.807, 2.05) is 24.3 Å². The van der Waals surface area contributed by atoms with Gasteiger partial charge in [0.05, 0.1) is 5.41 Å². The number of halogens is 2. The largest absolute Gasteiger partial charge is 0.325 e. The molecule has 1 saturated carbocycles. The van der Waals surface area contributed by atoms with Gasteiger partial charge >= 0.3 is 0 Å². The smallest absolute Gasteiger partial charge is 0.235 e. The van der Waals surface area contributed by atoms with Gasteiger partial charge in [-0.25, -0.2) is 8.78 Å². The summed E-state index contributed by atoms with van der Waals surface area (Å²) in [5, 5.41) is 2.95. The molecule has 3 aromatic carbocycles. The van der Waals surface area contributed by atoms with E-state index in [-0.39, 0.29) is 36.2 Å². The molecule has 0 atom stereocenters. The van der Waals surface area contributed by atoms with E-state index in [1.54, 1.807) is 36.4 Å². The molecule has 0 aromatic heterocycles. The first-order valence-electron chi connectivity index (χ1n) is 10.3. The molecule has 1 spiro atoms. The maximum absolute atomic E-state index is 13.4. The van der Waals surface area contributed by atoms with Crippen LogP contribution in [0, 0.1) is 11.6 Å². The molecule has 1 fully saturated rings. The second-order valence-corrected chi connectivity index (χ2v) is 8.21. The van der Waals surface area contributed by atoms with Crippen molar-refractivity contribution in [3.8, 4) is 0 Å². The average molecular weight is 427 g/mol. The predicted molar refractivity (Wildman–Crippen MR) is 120 cm³/mol. The molecule has 0 bridgehead atoms. The maximum Gasteiger partial charge on any atom is 0.235 e. The highest BCUT2D eigenvalue weighted by Crippen LogP contribution is 2.50. The number of ketones is 1. The lowest BCUT2D eigenvalue weighted by Crippen LogP contribution is -2.40. The minimum absolute atomic E-state index is 0.152. The Balaban J connectivity index is 1.65. The number of fused-ring (bicyclic) bond motifs is 2. The minimum Gasteiger partial charge on any atom is -0.325 e. The molecule has 0 saturated heterocycles. The molecule has 0 radical (unpaired) electrons. The van der Waals surface area contributed by atoms with Crippen molar-refractivity contribution in [1.82, 2.24) is 0 Å². The van der Waals surface area contributed by atoms with Gasteiger partial charge in [-0.1, -0.05) is 42.5 Å². The second kappa shape index (κ2) is 7.68. The number of anilines is 1. The third kappa shape index (κ3) is 3.46. The highest BCUT2D eigenvalue weighted by atomic mass is 19.1. The van der Waals surface area contributed by atoms with Crippen LogP contribution in [0.4, 0.5) is 14.5 Å². The molecule has 5 heteroatoms. The van der Waals surface area contributed by atoms with Gasteiger partial charge in [-0.2, -0.15) is 0 Å². The standard InChI is InChI=1S/C27H19F2NO2/c28-21-9-5-17(6-10-21)13-19-15-27(23-3-1-2-4-24(23)30-26(27)32)16-20(25(19)31)14-18-7-11-22(29)12-8-18/h1-14H,15-16H2,(H,30,32)/b19-13-,20-14-. The Kier molecular flexibility index (Phi) is 4.82. The van der Waals surface area contributed by atoms with E-state index >= 15 is 0 Å². The maximum atomic E-state index is 13.4. The Bertz CT molecular complexity index is 1220. The van der Waals surface area contributed by atoms with Gasteiger partial charge < -0.3 is 5.32 Å². The summed E-state index contributed by atoms with van der Waals surface area (Å²) in [6.45, 7) is 0. The molecule has 2 aliphatic rings. The van der Waals surface area contributed by atoms with E-state index in [0.29, 0.717) is 22.3 Å². The summed E-state index contributed by atoms with van der Waals surface area (Å²) >= 11 is 0. The van der Waals surface area contributed by atoms with Crippen molar-refractivity contribution in [2.45, 2.75) is 18.3 Å². The summed E-state index contributed by atoms with van der Waals surface area (Å²) in [5.41, 5.74) is 2.99. The zero-order valence-electron chi connectivity index (χ0n) is 17.1. The highest BCUT2D eigenvalue weighted by Gasteiger charge is 2.51. The molecule has 1 aliphatic carbocycles. The number of hydrogen-bond acceptors (Lipinski definition) is 2. The molecule has 5 rings (SSSR count). The lowest BCUT2D eigenvalue weighted by atomic mass is 9.65. The fourth-order valence-electron chi connectivity index (χ4n) is 4.56. The van der Waals surface area contributed by atoms with Gasteiger partial charge in [0.15, 0.2) is 5.78 Å². The van der Waals surface area contributed by atoms with Gasteiger partial charge in [0.2, 0.25) is 5.91 Å². The first-order valence-corrected chi connectivity index (χ1v) is 10.3. The van der Waals surface area contributed by atoms with E-state index in [0.717, 1.165) is 11.3 Å². The Morgan fingerprint density at radius 3 is 1.75 bits per heavy atom. The van der Waals surface area contributed by atoms with Gasteiger partial charge in [-0.3, -0.25) is 9.59 Å². The van der Waals surface area contributed by atoms with E-state index in [9.17, 15) is 18.4 Å². The van der Waals surface area contributed by atoms with Gasteiger partial charge in [-0.05, 0) is 72.0 Å². The number of carbonyl (C=O) groups excluding carboxylic acids is 2. The quantitative estimate of drug-likeness (QED) is 0.535. The summed E-state index contributed by atoms with van der Waals surface area (Å²) in [6, 6.07) is 19.2. The average Bonchev–Trinajstić information content (AvgIpc) is 3.05. The molecule has 1 heterocycles. The highest BCUT2D eigenvalue weighted by molar-refractivity contribution is 6.18. The van der Waals surface area contributed by atoms with E-state index in [2.05, 4.69) is 5.32 Å². The molecular formula is C27H19F2NO2. The SMILES string of the molecule is O=C1/C(=C\c2ccc(F)cc2)CC2(C/C1=C/c1ccc(F)cc1)C(=O)Nc1ccccc12. The van der Waals surface area contributed by atoms with Crippen LogP contribution in [0.2, 0.25) is 0 Å². The Labute approximate surface area is 184 Å². The number of rotatable bonds is 2. The molecule has 158 valence electrons. The van der Waals surface area contributed by atoms with E-state index < -0.39 is 5.41 Å². The number of hydrogen-bond donors (Lipinski definition) is 1. The first-order chi connectivity index (χ1) is 15.4. The molecule has 1 N–H and O–H groups in total. The summed E-state index contributed by atoms with van der Waals surface area (Å²) in [6.07, 6.45) is 3.92. The monoisotopic (exact) mass is 427 g/mol. The summed E-state index contributed by atoms with van der Waals surface area (Å²) in [5.74, 6) is -1.04. The second-order valence-electron chi connectivity index (χ2n) is 8.21. The first kappa shape index (κ1) is 20.1. The number of amides is 1. The van der Waals surface area contributed by atoms with Crippen LogP contribution < -0.4 is 5.32 Å². The van der Waals surface area contributed by atoms with Crippen molar-refractivity contribution >= 4 is 29.5 Å². The molecule has 3 aromatic rings. The molecule has 0 unspecified atom stereocenters. The van der Waals surface area contributed by atoms with Crippen molar-refractivity contribution in [3.05, 3.63) is 112 Å². The minimum atomic E-state index is -0.914. The van der Waals surface area contributed by atoms with Crippen LogP contribution in [0.15, 0.2) is 83.9 Å². The Morgan fingerprint density at radius 1 is 0.719 bits per heavy atom. The Morgan fingerprint density at radius 2 is 1.22 bits per heavy atom. The van der Waals surface area contributed by atoms with Crippen LogP contribution in [-0.4, -0.2) is 11.7 Å². The van der Waals surface area contributed by atoms with Gasteiger partial charge in [0, 0.05) is 16.8 Å². The number of carbonyl (C=O) groups is 2. The van der Waals surface area contributed by atoms with Crippen LogP contribution in [0.25, 0.3) is 12.2 Å². The number of Topliss-reactive ketones (excluding diaryl/α,β-unsaturated/α-hetero) is 1. The number of allylic oxidation sites excluding steroid dienone is 2.